The van der Waals surface area contributed by atoms with Crippen LogP contribution in [-0.2, 0) is 6.42 Å². The summed E-state index contributed by atoms with van der Waals surface area (Å²) in [7, 11) is 0. The molecule has 2 nitrogen and oxygen atoms in total. The van der Waals surface area contributed by atoms with E-state index in [0.717, 1.165) is 19.4 Å². The molecule has 0 spiro atoms. The predicted molar refractivity (Wildman–Crippen MR) is 46.3 cm³/mol. The highest BCUT2D eigenvalue weighted by Crippen LogP contribution is 2.04. The van der Waals surface area contributed by atoms with E-state index in [4.69, 9.17) is 5.73 Å². The average molecular weight is 150 g/mol. The van der Waals surface area contributed by atoms with Crippen LogP contribution in [0.3, 0.4) is 0 Å². The normalized spacial score (nSPS) is 10.0. The van der Waals surface area contributed by atoms with Gasteiger partial charge in [0.05, 0.1) is 0 Å². The van der Waals surface area contributed by atoms with Crippen LogP contribution in [0.1, 0.15) is 17.7 Å². The van der Waals surface area contributed by atoms with Gasteiger partial charge in [-0.1, -0.05) is 6.07 Å². The summed E-state index contributed by atoms with van der Waals surface area (Å²) in [5, 5.41) is 0. The van der Waals surface area contributed by atoms with E-state index in [9.17, 15) is 0 Å². The molecule has 1 aromatic rings. The van der Waals surface area contributed by atoms with Crippen LogP contribution in [0.15, 0.2) is 18.3 Å². The minimum Gasteiger partial charge on any atom is -0.330 e. The van der Waals surface area contributed by atoms with Crippen LogP contribution < -0.4 is 5.73 Å². The molecule has 0 fully saturated rings. The highest BCUT2D eigenvalue weighted by molar-refractivity contribution is 5.17. The molecule has 2 N–H and O–H groups in total. The molecule has 0 saturated heterocycles. The van der Waals surface area contributed by atoms with Gasteiger partial charge in [0.15, 0.2) is 0 Å². The van der Waals surface area contributed by atoms with E-state index in [1.54, 1.807) is 0 Å². The Hall–Kier alpha value is -0.890. The third-order valence-corrected chi connectivity index (χ3v) is 1.74. The second-order valence-corrected chi connectivity index (χ2v) is 2.66. The van der Waals surface area contributed by atoms with Crippen molar-refractivity contribution in [1.29, 1.82) is 0 Å². The van der Waals surface area contributed by atoms with E-state index in [2.05, 4.69) is 18.0 Å². The smallest absolute Gasteiger partial charge is 0.0433 e. The standard InChI is InChI=1S/C9H14N2/c1-8-4-3-7-11-9(8)5-2-6-10/h3-4,7H,2,5-6,10H2,1H3. The Balaban J connectivity index is 2.62. The van der Waals surface area contributed by atoms with Crippen molar-refractivity contribution in [2.45, 2.75) is 19.8 Å². The topological polar surface area (TPSA) is 38.9 Å². The predicted octanol–water partition coefficient (Wildman–Crippen LogP) is 1.28. The summed E-state index contributed by atoms with van der Waals surface area (Å²) in [5.74, 6) is 0. The molecule has 1 heterocycles. The van der Waals surface area contributed by atoms with Crippen LogP contribution in [0.25, 0.3) is 0 Å². The van der Waals surface area contributed by atoms with Gasteiger partial charge in [-0.15, -0.1) is 0 Å². The van der Waals surface area contributed by atoms with E-state index < -0.39 is 0 Å². The number of aryl methyl sites for hydroxylation is 2. The summed E-state index contributed by atoms with van der Waals surface area (Å²) < 4.78 is 0. The monoisotopic (exact) mass is 150 g/mol. The second kappa shape index (κ2) is 4.09. The minimum absolute atomic E-state index is 0.746. The third-order valence-electron chi connectivity index (χ3n) is 1.74. The summed E-state index contributed by atoms with van der Waals surface area (Å²) in [6.07, 6.45) is 3.86. The first kappa shape index (κ1) is 8.21. The van der Waals surface area contributed by atoms with Crippen molar-refractivity contribution in [3.63, 3.8) is 0 Å². The quantitative estimate of drug-likeness (QED) is 0.705. The molecule has 0 saturated carbocycles. The van der Waals surface area contributed by atoms with Crippen molar-refractivity contribution in [2.24, 2.45) is 5.73 Å². The molecule has 0 radical (unpaired) electrons. The molecule has 0 aliphatic carbocycles. The van der Waals surface area contributed by atoms with Crippen molar-refractivity contribution in [3.05, 3.63) is 29.6 Å². The van der Waals surface area contributed by atoms with E-state index in [-0.39, 0.29) is 0 Å². The number of nitrogens with zero attached hydrogens (tertiary/aromatic N) is 1. The van der Waals surface area contributed by atoms with Crippen molar-refractivity contribution in [1.82, 2.24) is 4.98 Å². The van der Waals surface area contributed by atoms with Gasteiger partial charge >= 0.3 is 0 Å². The zero-order valence-corrected chi connectivity index (χ0v) is 6.88. The zero-order chi connectivity index (χ0) is 8.10. The average Bonchev–Trinajstić information content (AvgIpc) is 2.03. The lowest BCUT2D eigenvalue weighted by Crippen LogP contribution is -2.02. The summed E-state index contributed by atoms with van der Waals surface area (Å²) >= 11 is 0. The molecule has 0 aromatic carbocycles. The number of hydrogen-bond donors (Lipinski definition) is 1. The number of aromatic nitrogens is 1. The van der Waals surface area contributed by atoms with Gasteiger partial charge in [0, 0.05) is 11.9 Å². The van der Waals surface area contributed by atoms with Crippen LogP contribution in [0.5, 0.6) is 0 Å². The second-order valence-electron chi connectivity index (χ2n) is 2.66. The van der Waals surface area contributed by atoms with E-state index in [1.807, 2.05) is 12.3 Å². The minimum atomic E-state index is 0.746. The lowest BCUT2D eigenvalue weighted by atomic mass is 10.1. The fourth-order valence-electron chi connectivity index (χ4n) is 1.05. The van der Waals surface area contributed by atoms with Gasteiger partial charge < -0.3 is 5.73 Å². The van der Waals surface area contributed by atoms with E-state index in [1.165, 1.54) is 11.3 Å². The molecule has 0 atom stereocenters. The molecule has 11 heavy (non-hydrogen) atoms. The first-order chi connectivity index (χ1) is 5.34. The Bertz CT molecular complexity index is 221. The van der Waals surface area contributed by atoms with E-state index >= 15 is 0 Å². The molecule has 0 aliphatic heterocycles. The fraction of sp³-hybridized carbons (Fsp3) is 0.444. The lowest BCUT2D eigenvalue weighted by Gasteiger charge is -2.01. The van der Waals surface area contributed by atoms with Gasteiger partial charge in [-0.05, 0) is 37.9 Å². The Morgan fingerprint density at radius 2 is 2.36 bits per heavy atom. The Labute approximate surface area is 67.5 Å². The van der Waals surface area contributed by atoms with Gasteiger partial charge in [0.1, 0.15) is 0 Å². The largest absolute Gasteiger partial charge is 0.330 e. The highest BCUT2D eigenvalue weighted by Gasteiger charge is 1.95. The van der Waals surface area contributed by atoms with Crippen molar-refractivity contribution >= 4 is 0 Å². The summed E-state index contributed by atoms with van der Waals surface area (Å²) in [6, 6.07) is 4.04. The van der Waals surface area contributed by atoms with Crippen LogP contribution in [-0.4, -0.2) is 11.5 Å². The molecule has 60 valence electrons. The molecular weight excluding hydrogens is 136 g/mol. The maximum Gasteiger partial charge on any atom is 0.0433 e. The highest BCUT2D eigenvalue weighted by atomic mass is 14.7. The Kier molecular flexibility index (Phi) is 3.05. The number of hydrogen-bond acceptors (Lipinski definition) is 2. The SMILES string of the molecule is Cc1cccnc1CCCN. The number of nitrogens with two attached hydrogens (primary N) is 1. The third kappa shape index (κ3) is 2.31. The van der Waals surface area contributed by atoms with Crippen LogP contribution in [0.4, 0.5) is 0 Å². The van der Waals surface area contributed by atoms with Gasteiger partial charge in [-0.3, -0.25) is 4.98 Å². The van der Waals surface area contributed by atoms with Crippen LogP contribution in [0.2, 0.25) is 0 Å². The van der Waals surface area contributed by atoms with Crippen molar-refractivity contribution in [3.8, 4) is 0 Å². The van der Waals surface area contributed by atoms with E-state index in [0.29, 0.717) is 0 Å². The first-order valence-corrected chi connectivity index (χ1v) is 3.95. The molecule has 0 amide bonds. The molecule has 0 unspecified atom stereocenters. The summed E-state index contributed by atoms with van der Waals surface area (Å²) in [4.78, 5) is 4.26. The van der Waals surface area contributed by atoms with Crippen LogP contribution in [0, 0.1) is 6.92 Å². The molecular formula is C9H14N2. The maximum atomic E-state index is 5.40. The molecule has 2 heteroatoms. The Morgan fingerprint density at radius 1 is 1.55 bits per heavy atom. The van der Waals surface area contributed by atoms with Gasteiger partial charge in [-0.25, -0.2) is 0 Å². The van der Waals surface area contributed by atoms with Crippen LogP contribution >= 0.6 is 0 Å². The molecule has 0 bridgehead atoms. The van der Waals surface area contributed by atoms with Crippen molar-refractivity contribution < 1.29 is 0 Å². The zero-order valence-electron chi connectivity index (χ0n) is 6.88. The van der Waals surface area contributed by atoms with Gasteiger partial charge in [0.25, 0.3) is 0 Å². The maximum absolute atomic E-state index is 5.40. The molecule has 1 aromatic heterocycles. The summed E-state index contributed by atoms with van der Waals surface area (Å²) in [6.45, 7) is 2.83. The molecule has 1 rings (SSSR count). The number of pyridine rings is 1. The Morgan fingerprint density at radius 3 is 3.00 bits per heavy atom. The first-order valence-electron chi connectivity index (χ1n) is 3.95. The fourth-order valence-corrected chi connectivity index (χ4v) is 1.05. The van der Waals surface area contributed by atoms with Crippen molar-refractivity contribution in [2.75, 3.05) is 6.54 Å². The van der Waals surface area contributed by atoms with Gasteiger partial charge in [0.2, 0.25) is 0 Å². The lowest BCUT2D eigenvalue weighted by molar-refractivity contribution is 0.804. The molecule has 0 aliphatic rings. The number of rotatable bonds is 3. The van der Waals surface area contributed by atoms with Gasteiger partial charge in [-0.2, -0.15) is 0 Å². The summed E-state index contributed by atoms with van der Waals surface area (Å²) in [5.41, 5.74) is 7.84.